The van der Waals surface area contributed by atoms with E-state index in [4.69, 9.17) is 0 Å². The highest BCUT2D eigenvalue weighted by Gasteiger charge is 2.11. The molecule has 2 rings (SSSR count). The van der Waals surface area contributed by atoms with Crippen molar-refractivity contribution in [1.29, 1.82) is 0 Å². The summed E-state index contributed by atoms with van der Waals surface area (Å²) in [4.78, 5) is 15.0. The first kappa shape index (κ1) is 9.71. The minimum Gasteiger partial charge on any atom is -0.358 e. The molecule has 2 aromatic rings. The van der Waals surface area contributed by atoms with E-state index in [0.29, 0.717) is 5.69 Å². The van der Waals surface area contributed by atoms with E-state index < -0.39 is 0 Å². The molecule has 1 aromatic carbocycles. The van der Waals surface area contributed by atoms with E-state index in [2.05, 4.69) is 4.98 Å². The Labute approximate surface area is 89.0 Å². The Hall–Kier alpha value is -1.83. The van der Waals surface area contributed by atoms with E-state index >= 15 is 0 Å². The fraction of sp³-hybridized carbons (Fsp3) is 0.154. The van der Waals surface area contributed by atoms with Gasteiger partial charge in [-0.05, 0) is 25.5 Å². The zero-order valence-corrected chi connectivity index (χ0v) is 8.87. The topological polar surface area (TPSA) is 32.9 Å². The van der Waals surface area contributed by atoms with Crippen LogP contribution < -0.4 is 0 Å². The van der Waals surface area contributed by atoms with Crippen LogP contribution in [0.25, 0.3) is 0 Å². The van der Waals surface area contributed by atoms with Gasteiger partial charge >= 0.3 is 0 Å². The van der Waals surface area contributed by atoms with Crippen molar-refractivity contribution in [2.45, 2.75) is 13.8 Å². The molecule has 15 heavy (non-hydrogen) atoms. The Balaban J connectivity index is 2.37. The number of nitrogens with one attached hydrogen (secondary N) is 1. The third kappa shape index (κ3) is 1.84. The van der Waals surface area contributed by atoms with Crippen molar-refractivity contribution in [3.63, 3.8) is 0 Å². The Morgan fingerprint density at radius 1 is 1.07 bits per heavy atom. The number of hydrogen-bond donors (Lipinski definition) is 1. The summed E-state index contributed by atoms with van der Waals surface area (Å²) in [6.45, 7) is 3.94. The van der Waals surface area contributed by atoms with E-state index in [1.165, 1.54) is 0 Å². The van der Waals surface area contributed by atoms with Crippen LogP contribution in [0.1, 0.15) is 27.2 Å². The second-order valence-corrected chi connectivity index (χ2v) is 3.73. The van der Waals surface area contributed by atoms with Gasteiger partial charge in [-0.25, -0.2) is 0 Å². The summed E-state index contributed by atoms with van der Waals surface area (Å²) in [6, 6.07) is 9.52. The van der Waals surface area contributed by atoms with Gasteiger partial charge in [0.05, 0.1) is 5.69 Å². The smallest absolute Gasteiger partial charge is 0.209 e. The summed E-state index contributed by atoms with van der Waals surface area (Å²) >= 11 is 0. The average molecular weight is 199 g/mol. The summed E-state index contributed by atoms with van der Waals surface area (Å²) < 4.78 is 0. The zero-order chi connectivity index (χ0) is 10.8. The SMILES string of the molecule is Cc1ccc(C(=O)c2[nH]ccc2C)cc1. The third-order valence-corrected chi connectivity index (χ3v) is 2.50. The van der Waals surface area contributed by atoms with Crippen LogP contribution in [0, 0.1) is 13.8 Å². The quantitative estimate of drug-likeness (QED) is 0.741. The van der Waals surface area contributed by atoms with Crippen LogP contribution in [0.4, 0.5) is 0 Å². The number of hydrogen-bond acceptors (Lipinski definition) is 1. The maximum atomic E-state index is 12.0. The van der Waals surface area contributed by atoms with Gasteiger partial charge in [-0.1, -0.05) is 29.8 Å². The fourth-order valence-electron chi connectivity index (χ4n) is 1.54. The van der Waals surface area contributed by atoms with E-state index in [0.717, 1.165) is 16.7 Å². The molecular formula is C13H13NO. The van der Waals surface area contributed by atoms with Crippen LogP contribution in [0.5, 0.6) is 0 Å². The van der Waals surface area contributed by atoms with Gasteiger partial charge in [0.25, 0.3) is 0 Å². The maximum Gasteiger partial charge on any atom is 0.209 e. The molecule has 0 aliphatic rings. The molecule has 0 spiro atoms. The largest absolute Gasteiger partial charge is 0.358 e. The number of H-pyrrole nitrogens is 1. The van der Waals surface area contributed by atoms with Crippen LogP contribution >= 0.6 is 0 Å². The maximum absolute atomic E-state index is 12.0. The molecule has 0 aliphatic carbocycles. The number of aromatic amines is 1. The van der Waals surface area contributed by atoms with Crippen molar-refractivity contribution in [3.8, 4) is 0 Å². The van der Waals surface area contributed by atoms with Crippen molar-refractivity contribution in [3.05, 3.63) is 58.9 Å². The summed E-state index contributed by atoms with van der Waals surface area (Å²) in [7, 11) is 0. The third-order valence-electron chi connectivity index (χ3n) is 2.50. The number of carbonyl (C=O) groups excluding carboxylic acids is 1. The van der Waals surface area contributed by atoms with E-state index in [-0.39, 0.29) is 5.78 Å². The highest BCUT2D eigenvalue weighted by Crippen LogP contribution is 2.12. The molecule has 0 radical (unpaired) electrons. The minimum atomic E-state index is 0.0532. The van der Waals surface area contributed by atoms with Crippen molar-refractivity contribution >= 4 is 5.78 Å². The van der Waals surface area contributed by atoms with Crippen molar-refractivity contribution in [1.82, 2.24) is 4.98 Å². The van der Waals surface area contributed by atoms with Crippen LogP contribution in [0.3, 0.4) is 0 Å². The molecule has 0 atom stereocenters. The first-order valence-electron chi connectivity index (χ1n) is 4.94. The fourth-order valence-corrected chi connectivity index (χ4v) is 1.54. The monoisotopic (exact) mass is 199 g/mol. The number of aromatic nitrogens is 1. The lowest BCUT2D eigenvalue weighted by Gasteiger charge is -2.00. The molecular weight excluding hydrogens is 186 g/mol. The van der Waals surface area contributed by atoms with Crippen LogP contribution in [-0.4, -0.2) is 10.8 Å². The van der Waals surface area contributed by atoms with Gasteiger partial charge in [0.15, 0.2) is 0 Å². The molecule has 1 N–H and O–H groups in total. The molecule has 0 bridgehead atoms. The first-order valence-corrected chi connectivity index (χ1v) is 4.94. The lowest BCUT2D eigenvalue weighted by molar-refractivity contribution is 0.103. The summed E-state index contributed by atoms with van der Waals surface area (Å²) in [5.74, 6) is 0.0532. The van der Waals surface area contributed by atoms with E-state index in [1.54, 1.807) is 6.20 Å². The number of benzene rings is 1. The van der Waals surface area contributed by atoms with Gasteiger partial charge in [-0.2, -0.15) is 0 Å². The van der Waals surface area contributed by atoms with Gasteiger partial charge < -0.3 is 4.98 Å². The van der Waals surface area contributed by atoms with Crippen LogP contribution in [0.2, 0.25) is 0 Å². The van der Waals surface area contributed by atoms with Gasteiger partial charge in [0.1, 0.15) is 0 Å². The molecule has 0 aliphatic heterocycles. The van der Waals surface area contributed by atoms with Gasteiger partial charge in [-0.15, -0.1) is 0 Å². The standard InChI is InChI=1S/C13H13NO/c1-9-3-5-11(6-4-9)13(15)12-10(2)7-8-14-12/h3-8,14H,1-2H3. The molecule has 1 aromatic heterocycles. The Kier molecular flexibility index (Phi) is 2.42. The molecule has 0 unspecified atom stereocenters. The summed E-state index contributed by atoms with van der Waals surface area (Å²) in [6.07, 6.45) is 1.79. The highest BCUT2D eigenvalue weighted by atomic mass is 16.1. The normalized spacial score (nSPS) is 10.3. The van der Waals surface area contributed by atoms with Gasteiger partial charge in [0, 0.05) is 11.8 Å². The predicted molar refractivity (Wildman–Crippen MR) is 60.1 cm³/mol. The summed E-state index contributed by atoms with van der Waals surface area (Å²) in [5, 5.41) is 0. The number of ketones is 1. The molecule has 0 saturated heterocycles. The molecule has 76 valence electrons. The predicted octanol–water partition coefficient (Wildman–Crippen LogP) is 2.86. The van der Waals surface area contributed by atoms with Gasteiger partial charge in [0.2, 0.25) is 5.78 Å². The average Bonchev–Trinajstić information content (AvgIpc) is 2.65. The Morgan fingerprint density at radius 3 is 2.27 bits per heavy atom. The van der Waals surface area contributed by atoms with E-state index in [9.17, 15) is 4.79 Å². The molecule has 2 heteroatoms. The van der Waals surface area contributed by atoms with Crippen LogP contribution in [-0.2, 0) is 0 Å². The Morgan fingerprint density at radius 2 is 1.73 bits per heavy atom. The molecule has 2 nitrogen and oxygen atoms in total. The van der Waals surface area contributed by atoms with Gasteiger partial charge in [-0.3, -0.25) is 4.79 Å². The number of rotatable bonds is 2. The van der Waals surface area contributed by atoms with Crippen molar-refractivity contribution in [2.75, 3.05) is 0 Å². The molecule has 0 fully saturated rings. The minimum absolute atomic E-state index is 0.0532. The van der Waals surface area contributed by atoms with Crippen molar-refractivity contribution < 1.29 is 4.79 Å². The van der Waals surface area contributed by atoms with E-state index in [1.807, 2.05) is 44.2 Å². The zero-order valence-electron chi connectivity index (χ0n) is 8.87. The first-order chi connectivity index (χ1) is 7.18. The van der Waals surface area contributed by atoms with Crippen LogP contribution in [0.15, 0.2) is 36.5 Å². The summed E-state index contributed by atoms with van der Waals surface area (Å²) in [5.41, 5.74) is 3.56. The highest BCUT2D eigenvalue weighted by molar-refractivity contribution is 6.08. The second kappa shape index (κ2) is 3.73. The number of aryl methyl sites for hydroxylation is 2. The lowest BCUT2D eigenvalue weighted by atomic mass is 10.0. The number of carbonyl (C=O) groups is 1. The molecule has 0 amide bonds. The lowest BCUT2D eigenvalue weighted by Crippen LogP contribution is -2.03. The second-order valence-electron chi connectivity index (χ2n) is 3.73. The van der Waals surface area contributed by atoms with Crippen molar-refractivity contribution in [2.24, 2.45) is 0 Å². The Bertz CT molecular complexity index is 479. The molecule has 1 heterocycles. The molecule has 0 saturated carbocycles.